The summed E-state index contributed by atoms with van der Waals surface area (Å²) in [5.74, 6) is 1.40. The van der Waals surface area contributed by atoms with E-state index in [9.17, 15) is 4.79 Å². The topological polar surface area (TPSA) is 17.1 Å². The third-order valence-electron chi connectivity index (χ3n) is 7.21. The second-order valence-corrected chi connectivity index (χ2v) is 14.5. The Morgan fingerprint density at radius 3 is 1.97 bits per heavy atom. The zero-order valence-corrected chi connectivity index (χ0v) is 19.3. The number of Topliss-reactive ketones (excluding diaryl/α,β-unsaturated/α-hetero) is 1. The van der Waals surface area contributed by atoms with Crippen LogP contribution in [0.3, 0.4) is 0 Å². The van der Waals surface area contributed by atoms with Gasteiger partial charge in [0.15, 0.2) is 5.78 Å². The van der Waals surface area contributed by atoms with Gasteiger partial charge in [0.25, 0.3) is 0 Å². The van der Waals surface area contributed by atoms with Gasteiger partial charge in [-0.3, -0.25) is 4.79 Å². The number of benzene rings is 3. The first kappa shape index (κ1) is 20.8. The Bertz CT molecular complexity index is 981. The van der Waals surface area contributed by atoms with E-state index in [2.05, 4.69) is 74.6 Å². The molecule has 3 aromatic rings. The predicted octanol–water partition coefficient (Wildman–Crippen LogP) is 6.47. The Morgan fingerprint density at radius 1 is 0.833 bits per heavy atom. The zero-order valence-electron chi connectivity index (χ0n) is 18.3. The molecule has 0 saturated heterocycles. The van der Waals surface area contributed by atoms with Gasteiger partial charge in [0.2, 0.25) is 0 Å². The first-order valence-corrected chi connectivity index (χ1v) is 14.3. The van der Waals surface area contributed by atoms with E-state index in [-0.39, 0.29) is 0 Å². The van der Waals surface area contributed by atoms with E-state index in [1.807, 2.05) is 36.4 Å². The van der Waals surface area contributed by atoms with E-state index in [4.69, 9.17) is 0 Å². The maximum absolute atomic E-state index is 13.9. The highest BCUT2D eigenvalue weighted by Crippen LogP contribution is 2.51. The summed E-state index contributed by atoms with van der Waals surface area (Å²) >= 11 is 0. The largest absolute Gasteiger partial charge is 0.293 e. The summed E-state index contributed by atoms with van der Waals surface area (Å²) in [6.07, 6.45) is 1.89. The quantitative estimate of drug-likeness (QED) is 0.335. The molecule has 0 heterocycles. The fourth-order valence-electron chi connectivity index (χ4n) is 5.56. The SMILES string of the molecule is C[C@@H]1C[C@@](C(=O)c2ccccc2)(c2ccccc2)C[C@H]1C[Si](C)(C)c1ccccc1. The number of ketones is 1. The van der Waals surface area contributed by atoms with Crippen LogP contribution in [0.1, 0.15) is 35.7 Å². The van der Waals surface area contributed by atoms with Crippen LogP contribution < -0.4 is 5.19 Å². The van der Waals surface area contributed by atoms with Gasteiger partial charge in [0.1, 0.15) is 0 Å². The van der Waals surface area contributed by atoms with Crippen molar-refractivity contribution in [3.8, 4) is 0 Å². The van der Waals surface area contributed by atoms with Gasteiger partial charge >= 0.3 is 0 Å². The van der Waals surface area contributed by atoms with Crippen molar-refractivity contribution < 1.29 is 4.79 Å². The van der Waals surface area contributed by atoms with Crippen molar-refractivity contribution in [2.24, 2.45) is 11.8 Å². The van der Waals surface area contributed by atoms with E-state index in [1.54, 1.807) is 0 Å². The minimum atomic E-state index is -1.58. The molecule has 1 aliphatic carbocycles. The molecule has 0 aromatic heterocycles. The van der Waals surface area contributed by atoms with Gasteiger partial charge in [-0.25, -0.2) is 0 Å². The molecular formula is C28H32OSi. The number of carbonyl (C=O) groups excluding carboxylic acids is 1. The number of rotatable bonds is 6. The van der Waals surface area contributed by atoms with Gasteiger partial charge in [0, 0.05) is 5.56 Å². The molecule has 3 aromatic carbocycles. The summed E-state index contributed by atoms with van der Waals surface area (Å²) in [5.41, 5.74) is 1.62. The third kappa shape index (κ3) is 3.93. The minimum absolute atomic E-state index is 0.294. The molecule has 1 fully saturated rings. The van der Waals surface area contributed by atoms with Gasteiger partial charge < -0.3 is 0 Å². The Balaban J connectivity index is 1.68. The van der Waals surface area contributed by atoms with Crippen LogP contribution in [-0.2, 0) is 5.41 Å². The second kappa shape index (κ2) is 8.35. The molecule has 3 atom stereocenters. The molecule has 4 rings (SSSR count). The van der Waals surface area contributed by atoms with Crippen LogP contribution in [0.4, 0.5) is 0 Å². The maximum Gasteiger partial charge on any atom is 0.173 e. The Kier molecular flexibility index (Phi) is 5.79. The van der Waals surface area contributed by atoms with Crippen LogP contribution >= 0.6 is 0 Å². The van der Waals surface area contributed by atoms with Gasteiger partial charge in [-0.15, -0.1) is 0 Å². The second-order valence-electron chi connectivity index (χ2n) is 9.74. The van der Waals surface area contributed by atoms with Crippen LogP contribution in [0.5, 0.6) is 0 Å². The smallest absolute Gasteiger partial charge is 0.173 e. The van der Waals surface area contributed by atoms with Gasteiger partial charge in [0.05, 0.1) is 13.5 Å². The lowest BCUT2D eigenvalue weighted by atomic mass is 9.72. The molecule has 1 nitrogen and oxygen atoms in total. The average Bonchev–Trinajstić information content (AvgIpc) is 3.11. The van der Waals surface area contributed by atoms with E-state index in [0.29, 0.717) is 17.6 Å². The Morgan fingerprint density at radius 2 is 1.37 bits per heavy atom. The van der Waals surface area contributed by atoms with Gasteiger partial charge in [-0.1, -0.05) is 122 Å². The summed E-state index contributed by atoms with van der Waals surface area (Å²) in [6.45, 7) is 7.33. The number of hydrogen-bond acceptors (Lipinski definition) is 1. The summed E-state index contributed by atoms with van der Waals surface area (Å²) < 4.78 is 0. The molecule has 0 radical (unpaired) electrons. The fraction of sp³-hybridized carbons (Fsp3) is 0.321. The number of hydrogen-bond donors (Lipinski definition) is 0. The van der Waals surface area contributed by atoms with E-state index in [0.717, 1.165) is 18.4 Å². The molecule has 0 bridgehead atoms. The van der Waals surface area contributed by atoms with Crippen molar-refractivity contribution in [2.75, 3.05) is 0 Å². The summed E-state index contributed by atoms with van der Waals surface area (Å²) in [6, 6.07) is 32.7. The maximum atomic E-state index is 13.9. The normalized spacial score (nSPS) is 24.0. The Hall–Kier alpha value is -2.45. The van der Waals surface area contributed by atoms with Crippen molar-refractivity contribution in [3.63, 3.8) is 0 Å². The lowest BCUT2D eigenvalue weighted by Gasteiger charge is -2.31. The highest BCUT2D eigenvalue weighted by Gasteiger charge is 2.50. The van der Waals surface area contributed by atoms with Crippen LogP contribution in [0.15, 0.2) is 91.0 Å². The van der Waals surface area contributed by atoms with Crippen molar-refractivity contribution >= 4 is 19.0 Å². The minimum Gasteiger partial charge on any atom is -0.293 e. The van der Waals surface area contributed by atoms with Gasteiger partial charge in [-0.05, 0) is 30.2 Å². The average molecular weight is 413 g/mol. The van der Waals surface area contributed by atoms with Crippen LogP contribution in [0, 0.1) is 11.8 Å². The highest BCUT2D eigenvalue weighted by molar-refractivity contribution is 6.89. The molecule has 0 N–H and O–H groups in total. The van der Waals surface area contributed by atoms with Crippen LogP contribution in [-0.4, -0.2) is 13.9 Å². The van der Waals surface area contributed by atoms with Crippen molar-refractivity contribution in [1.82, 2.24) is 0 Å². The first-order chi connectivity index (χ1) is 14.4. The monoisotopic (exact) mass is 412 g/mol. The molecule has 1 aliphatic rings. The Labute approximate surface area is 182 Å². The van der Waals surface area contributed by atoms with Crippen molar-refractivity contribution in [1.29, 1.82) is 0 Å². The van der Waals surface area contributed by atoms with Crippen molar-refractivity contribution in [3.05, 3.63) is 102 Å². The zero-order chi connectivity index (χ0) is 21.2. The standard InChI is InChI=1S/C28H32OSi/c1-22-19-28(25-15-9-5-10-16-25,27(29)23-13-7-4-8-14-23)20-24(22)21-30(2,3)26-17-11-6-12-18-26/h4-18,22,24H,19-21H2,1-3H3/t22-,24+,28+/m1/s1. The molecule has 154 valence electrons. The van der Waals surface area contributed by atoms with E-state index < -0.39 is 13.5 Å². The molecule has 30 heavy (non-hydrogen) atoms. The highest BCUT2D eigenvalue weighted by atomic mass is 28.3. The molecule has 0 unspecified atom stereocenters. The van der Waals surface area contributed by atoms with Crippen molar-refractivity contribution in [2.45, 2.75) is 44.3 Å². The lowest BCUT2D eigenvalue weighted by Crippen LogP contribution is -2.43. The predicted molar refractivity (Wildman–Crippen MR) is 129 cm³/mol. The fourth-order valence-corrected chi connectivity index (χ4v) is 8.75. The molecule has 0 amide bonds. The number of carbonyl (C=O) groups is 1. The molecule has 0 spiro atoms. The summed E-state index contributed by atoms with van der Waals surface area (Å²) in [7, 11) is -1.58. The molecule has 1 saturated carbocycles. The van der Waals surface area contributed by atoms with E-state index in [1.165, 1.54) is 16.8 Å². The molecule has 0 aliphatic heterocycles. The molecule has 2 heteroatoms. The van der Waals surface area contributed by atoms with Gasteiger partial charge in [-0.2, -0.15) is 0 Å². The molecular weight excluding hydrogens is 380 g/mol. The first-order valence-electron chi connectivity index (χ1n) is 11.1. The van der Waals surface area contributed by atoms with Crippen LogP contribution in [0.2, 0.25) is 19.1 Å². The summed E-state index contributed by atoms with van der Waals surface area (Å²) in [4.78, 5) is 13.9. The third-order valence-corrected chi connectivity index (χ3v) is 10.7. The lowest BCUT2D eigenvalue weighted by molar-refractivity contribution is 0.0881. The van der Waals surface area contributed by atoms with E-state index >= 15 is 0 Å². The van der Waals surface area contributed by atoms with Crippen LogP contribution in [0.25, 0.3) is 0 Å². The summed E-state index contributed by atoms with van der Waals surface area (Å²) in [5, 5.41) is 1.52.